The van der Waals surface area contributed by atoms with Crippen LogP contribution in [0, 0.1) is 5.92 Å². The third kappa shape index (κ3) is 4.80. The molecule has 0 aromatic heterocycles. The summed E-state index contributed by atoms with van der Waals surface area (Å²) in [6, 6.07) is 10.5. The van der Waals surface area contributed by atoms with Gasteiger partial charge in [-0.05, 0) is 37.8 Å². The zero-order valence-corrected chi connectivity index (χ0v) is 14.5. The van der Waals surface area contributed by atoms with Crippen LogP contribution in [-0.2, 0) is 6.42 Å². The molecule has 1 aliphatic rings. The van der Waals surface area contributed by atoms with Crippen LogP contribution >= 0.6 is 0 Å². The highest BCUT2D eigenvalue weighted by Gasteiger charge is 2.33. The monoisotopic (exact) mass is 304 g/mol. The Kier molecular flexibility index (Phi) is 6.42. The average Bonchev–Trinajstić information content (AvgIpc) is 2.55. The number of hydrogen-bond acceptors (Lipinski definition) is 3. The molecule has 1 heterocycles. The summed E-state index contributed by atoms with van der Waals surface area (Å²) in [6.45, 7) is 9.87. The summed E-state index contributed by atoms with van der Waals surface area (Å²) in [5, 5.41) is 11.1. The molecule has 1 fully saturated rings. The maximum Gasteiger partial charge on any atom is 0.0685 e. The fraction of sp³-hybridized carbons (Fsp3) is 0.684. The number of benzene rings is 1. The predicted molar refractivity (Wildman–Crippen MR) is 93.1 cm³/mol. The van der Waals surface area contributed by atoms with E-state index in [-0.39, 0.29) is 0 Å². The molecular formula is C19H32N2O. The molecule has 0 spiro atoms. The first-order valence-electron chi connectivity index (χ1n) is 8.70. The van der Waals surface area contributed by atoms with Crippen molar-refractivity contribution in [3.05, 3.63) is 35.9 Å². The van der Waals surface area contributed by atoms with Crippen LogP contribution in [-0.4, -0.2) is 60.3 Å². The van der Waals surface area contributed by atoms with E-state index in [4.69, 9.17) is 0 Å². The molecule has 1 aromatic carbocycles. The van der Waals surface area contributed by atoms with Crippen molar-refractivity contribution in [2.24, 2.45) is 5.92 Å². The van der Waals surface area contributed by atoms with E-state index in [0.29, 0.717) is 5.92 Å². The predicted octanol–water partition coefficient (Wildman–Crippen LogP) is 2.64. The van der Waals surface area contributed by atoms with Crippen LogP contribution < -0.4 is 0 Å². The Morgan fingerprint density at radius 2 is 1.77 bits per heavy atom. The van der Waals surface area contributed by atoms with Gasteiger partial charge in [-0.15, -0.1) is 0 Å². The van der Waals surface area contributed by atoms with Crippen LogP contribution in [0.4, 0.5) is 0 Å². The third-order valence-corrected chi connectivity index (χ3v) is 5.35. The summed E-state index contributed by atoms with van der Waals surface area (Å²) >= 11 is 0. The molecule has 1 saturated heterocycles. The molecule has 2 unspecified atom stereocenters. The molecule has 2 rings (SSSR count). The molecule has 1 aliphatic heterocycles. The van der Waals surface area contributed by atoms with Crippen LogP contribution in [0.3, 0.4) is 0 Å². The molecule has 0 aliphatic carbocycles. The van der Waals surface area contributed by atoms with Crippen molar-refractivity contribution in [3.63, 3.8) is 0 Å². The summed E-state index contributed by atoms with van der Waals surface area (Å²) in [7, 11) is 2.18. The number of likely N-dealkylation sites (N-methyl/N-ethyl adjacent to an activating group) is 1. The zero-order valence-electron chi connectivity index (χ0n) is 14.5. The van der Waals surface area contributed by atoms with Crippen molar-refractivity contribution in [1.29, 1.82) is 0 Å². The number of hydrogen-bond donors (Lipinski definition) is 1. The number of nitrogens with zero attached hydrogens (tertiary/aromatic N) is 2. The number of aliphatic hydroxyl groups is 1. The summed E-state index contributed by atoms with van der Waals surface area (Å²) in [4.78, 5) is 4.89. The highest BCUT2D eigenvalue weighted by molar-refractivity contribution is 5.15. The molecule has 1 aromatic rings. The second-order valence-corrected chi connectivity index (χ2v) is 6.95. The Bertz CT molecular complexity index is 428. The molecule has 3 nitrogen and oxygen atoms in total. The highest BCUT2D eigenvalue weighted by atomic mass is 16.3. The van der Waals surface area contributed by atoms with Crippen molar-refractivity contribution in [2.75, 3.05) is 39.8 Å². The molecule has 0 saturated carbocycles. The SMILES string of the molecule is CCC(O)(CCc1ccccc1)C(C)CN1CCN(C)CC1. The zero-order chi connectivity index (χ0) is 16.0. The van der Waals surface area contributed by atoms with Gasteiger partial charge in [0.05, 0.1) is 5.60 Å². The minimum atomic E-state index is -0.556. The first-order chi connectivity index (χ1) is 10.5. The Morgan fingerprint density at radius 1 is 1.14 bits per heavy atom. The standard InChI is InChI=1S/C19H32N2O/c1-4-19(22,11-10-18-8-6-5-7-9-18)17(2)16-21-14-12-20(3)13-15-21/h5-9,17,22H,4,10-16H2,1-3H3. The maximum absolute atomic E-state index is 11.1. The minimum absolute atomic E-state index is 0.310. The molecule has 3 heteroatoms. The number of piperazine rings is 1. The van der Waals surface area contributed by atoms with Gasteiger partial charge in [0.15, 0.2) is 0 Å². The van der Waals surface area contributed by atoms with Gasteiger partial charge in [0.2, 0.25) is 0 Å². The van der Waals surface area contributed by atoms with Crippen molar-refractivity contribution in [2.45, 2.75) is 38.7 Å². The smallest absolute Gasteiger partial charge is 0.0685 e. The Balaban J connectivity index is 1.87. The fourth-order valence-electron chi connectivity index (χ4n) is 3.36. The topological polar surface area (TPSA) is 26.7 Å². The second kappa shape index (κ2) is 8.09. The molecule has 0 amide bonds. The van der Waals surface area contributed by atoms with Crippen molar-refractivity contribution < 1.29 is 5.11 Å². The van der Waals surface area contributed by atoms with Gasteiger partial charge in [-0.1, -0.05) is 44.2 Å². The molecule has 1 N–H and O–H groups in total. The van der Waals surface area contributed by atoms with Crippen LogP contribution in [0.1, 0.15) is 32.3 Å². The van der Waals surface area contributed by atoms with E-state index in [2.05, 4.69) is 55.0 Å². The van der Waals surface area contributed by atoms with E-state index in [1.165, 1.54) is 5.56 Å². The van der Waals surface area contributed by atoms with E-state index in [0.717, 1.165) is 52.0 Å². The lowest BCUT2D eigenvalue weighted by Gasteiger charge is -2.39. The van der Waals surface area contributed by atoms with Gasteiger partial charge in [0, 0.05) is 32.7 Å². The lowest BCUT2D eigenvalue weighted by atomic mass is 9.81. The van der Waals surface area contributed by atoms with Gasteiger partial charge in [0.25, 0.3) is 0 Å². The van der Waals surface area contributed by atoms with Crippen molar-refractivity contribution in [3.8, 4) is 0 Å². The van der Waals surface area contributed by atoms with Crippen LogP contribution in [0.25, 0.3) is 0 Å². The van der Waals surface area contributed by atoms with E-state index in [9.17, 15) is 5.11 Å². The molecule has 22 heavy (non-hydrogen) atoms. The summed E-state index contributed by atoms with van der Waals surface area (Å²) in [5.41, 5.74) is 0.764. The van der Waals surface area contributed by atoms with Gasteiger partial charge in [-0.2, -0.15) is 0 Å². The number of rotatable bonds is 7. The quantitative estimate of drug-likeness (QED) is 0.839. The van der Waals surface area contributed by atoms with Crippen molar-refractivity contribution in [1.82, 2.24) is 9.80 Å². The lowest BCUT2D eigenvalue weighted by Crippen LogP contribution is -2.49. The molecule has 124 valence electrons. The summed E-state index contributed by atoms with van der Waals surface area (Å²) < 4.78 is 0. The highest BCUT2D eigenvalue weighted by Crippen LogP contribution is 2.28. The van der Waals surface area contributed by atoms with E-state index < -0.39 is 5.60 Å². The minimum Gasteiger partial charge on any atom is -0.390 e. The van der Waals surface area contributed by atoms with E-state index in [1.807, 2.05) is 6.07 Å². The largest absolute Gasteiger partial charge is 0.390 e. The Morgan fingerprint density at radius 3 is 2.36 bits per heavy atom. The fourth-order valence-corrected chi connectivity index (χ4v) is 3.36. The Labute approximate surface area is 135 Å². The summed E-state index contributed by atoms with van der Waals surface area (Å²) in [6.07, 6.45) is 2.63. The maximum atomic E-state index is 11.1. The molecule has 0 bridgehead atoms. The lowest BCUT2D eigenvalue weighted by molar-refractivity contribution is -0.0381. The van der Waals surface area contributed by atoms with Gasteiger partial charge in [0.1, 0.15) is 0 Å². The molecule has 2 atom stereocenters. The van der Waals surface area contributed by atoms with Crippen molar-refractivity contribution >= 4 is 0 Å². The van der Waals surface area contributed by atoms with E-state index in [1.54, 1.807) is 0 Å². The first kappa shape index (κ1) is 17.5. The van der Waals surface area contributed by atoms with Gasteiger partial charge in [-0.3, -0.25) is 0 Å². The second-order valence-electron chi connectivity index (χ2n) is 6.95. The molecular weight excluding hydrogens is 272 g/mol. The van der Waals surface area contributed by atoms with Gasteiger partial charge < -0.3 is 14.9 Å². The summed E-state index contributed by atoms with van der Waals surface area (Å²) in [5.74, 6) is 0.310. The van der Waals surface area contributed by atoms with Crippen LogP contribution in [0.15, 0.2) is 30.3 Å². The van der Waals surface area contributed by atoms with E-state index >= 15 is 0 Å². The van der Waals surface area contributed by atoms with Gasteiger partial charge >= 0.3 is 0 Å². The molecule has 0 radical (unpaired) electrons. The normalized spacial score (nSPS) is 21.5. The third-order valence-electron chi connectivity index (χ3n) is 5.35. The van der Waals surface area contributed by atoms with Crippen LogP contribution in [0.5, 0.6) is 0 Å². The van der Waals surface area contributed by atoms with Gasteiger partial charge in [-0.25, -0.2) is 0 Å². The van der Waals surface area contributed by atoms with Crippen LogP contribution in [0.2, 0.25) is 0 Å². The Hall–Kier alpha value is -0.900. The average molecular weight is 304 g/mol. The first-order valence-corrected chi connectivity index (χ1v) is 8.70. The number of aryl methyl sites for hydroxylation is 1.